The molecule has 3 aromatic rings. The molecule has 4 rings (SSSR count). The second-order valence-electron chi connectivity index (χ2n) is 7.36. The number of benzene rings is 1. The van der Waals surface area contributed by atoms with E-state index in [1.165, 1.54) is 40.7 Å². The molecule has 0 spiro atoms. The molecule has 30 heavy (non-hydrogen) atoms. The van der Waals surface area contributed by atoms with Gasteiger partial charge in [0.05, 0.1) is 4.88 Å². The van der Waals surface area contributed by atoms with E-state index in [1.54, 1.807) is 6.07 Å². The number of hydrogen-bond donors (Lipinski definition) is 3. The molecule has 0 saturated heterocycles. The summed E-state index contributed by atoms with van der Waals surface area (Å²) in [4.78, 5) is 41.8. The molecule has 0 unspecified atom stereocenters. The van der Waals surface area contributed by atoms with Gasteiger partial charge in [-0.2, -0.15) is 0 Å². The summed E-state index contributed by atoms with van der Waals surface area (Å²) < 4.78 is 0. The van der Waals surface area contributed by atoms with Gasteiger partial charge < -0.3 is 4.98 Å². The summed E-state index contributed by atoms with van der Waals surface area (Å²) in [7, 11) is 0. The van der Waals surface area contributed by atoms with E-state index in [-0.39, 0.29) is 11.5 Å². The quantitative estimate of drug-likeness (QED) is 0.561. The van der Waals surface area contributed by atoms with Gasteiger partial charge in [-0.1, -0.05) is 43.2 Å². The largest absolute Gasteiger partial charge is 0.321 e. The second kappa shape index (κ2) is 9.09. The van der Waals surface area contributed by atoms with Crippen molar-refractivity contribution in [3.05, 3.63) is 79.8 Å². The number of fused-ring (bicyclic) bond motifs is 1. The maximum atomic E-state index is 12.5. The average molecular weight is 422 g/mol. The minimum Gasteiger partial charge on any atom is -0.321 e. The predicted octanol–water partition coefficient (Wildman–Crippen LogP) is 3.84. The first-order valence-corrected chi connectivity index (χ1v) is 10.9. The maximum Gasteiger partial charge on any atom is 0.279 e. The van der Waals surface area contributed by atoms with Crippen LogP contribution in [0.15, 0.2) is 53.3 Å². The summed E-state index contributed by atoms with van der Waals surface area (Å²) in [6.07, 6.45) is 6.74. The lowest BCUT2D eigenvalue weighted by atomic mass is 10.00. The number of aryl methyl sites for hydroxylation is 2. The van der Waals surface area contributed by atoms with Gasteiger partial charge in [0.15, 0.2) is 0 Å². The summed E-state index contributed by atoms with van der Waals surface area (Å²) in [5.41, 5.74) is 6.92. The molecule has 0 bridgehead atoms. The van der Waals surface area contributed by atoms with Gasteiger partial charge in [-0.25, -0.2) is 0 Å². The van der Waals surface area contributed by atoms with E-state index in [9.17, 15) is 14.4 Å². The number of rotatable bonds is 3. The summed E-state index contributed by atoms with van der Waals surface area (Å²) in [6.45, 7) is 0. The lowest BCUT2D eigenvalue weighted by molar-refractivity contribution is 0.0848. The first kappa shape index (κ1) is 20.1. The van der Waals surface area contributed by atoms with Crippen LogP contribution in [0, 0.1) is 0 Å². The van der Waals surface area contributed by atoms with Crippen molar-refractivity contribution >= 4 is 23.2 Å². The zero-order chi connectivity index (χ0) is 20.9. The van der Waals surface area contributed by atoms with Crippen LogP contribution in [0.25, 0.3) is 11.3 Å². The average Bonchev–Trinajstić information content (AvgIpc) is 3.14. The minimum absolute atomic E-state index is 0.0616. The third-order valence-electron chi connectivity index (χ3n) is 5.25. The van der Waals surface area contributed by atoms with Crippen LogP contribution in [0.4, 0.5) is 0 Å². The van der Waals surface area contributed by atoms with Gasteiger partial charge in [0, 0.05) is 10.6 Å². The number of hydrogen-bond acceptors (Lipinski definition) is 4. The van der Waals surface area contributed by atoms with Gasteiger partial charge in [-0.15, -0.1) is 11.3 Å². The van der Waals surface area contributed by atoms with Gasteiger partial charge >= 0.3 is 0 Å². The van der Waals surface area contributed by atoms with Gasteiger partial charge in [0.1, 0.15) is 5.56 Å². The number of H-pyrrole nitrogens is 1. The van der Waals surface area contributed by atoms with E-state index in [1.807, 2.05) is 36.4 Å². The number of carbonyl (C=O) groups is 2. The SMILES string of the molecule is O=C(NNC(=O)c1ccc(-c2ccccc2)[nH]c1=O)c1cc2c(s1)CCCCCC2. The van der Waals surface area contributed by atoms with Gasteiger partial charge in [0.2, 0.25) is 0 Å². The van der Waals surface area contributed by atoms with Crippen molar-refractivity contribution in [1.29, 1.82) is 0 Å². The second-order valence-corrected chi connectivity index (χ2v) is 8.50. The van der Waals surface area contributed by atoms with Crippen molar-refractivity contribution in [2.45, 2.75) is 38.5 Å². The normalized spacial score (nSPS) is 13.6. The fourth-order valence-corrected chi connectivity index (χ4v) is 4.79. The fourth-order valence-electron chi connectivity index (χ4n) is 3.64. The Hall–Kier alpha value is -3.19. The molecule has 0 fully saturated rings. The van der Waals surface area contributed by atoms with E-state index >= 15 is 0 Å². The first-order chi connectivity index (χ1) is 14.6. The lowest BCUT2D eigenvalue weighted by Gasteiger charge is -2.07. The Morgan fingerprint density at radius 3 is 2.37 bits per heavy atom. The molecular formula is C23H23N3O3S. The molecule has 1 aliphatic carbocycles. The van der Waals surface area contributed by atoms with Crippen molar-refractivity contribution in [3.8, 4) is 11.3 Å². The van der Waals surface area contributed by atoms with Crippen molar-refractivity contribution in [2.24, 2.45) is 0 Å². The third-order valence-corrected chi connectivity index (χ3v) is 6.48. The highest BCUT2D eigenvalue weighted by atomic mass is 32.1. The monoisotopic (exact) mass is 421 g/mol. The number of amides is 2. The molecule has 0 radical (unpaired) electrons. The summed E-state index contributed by atoms with van der Waals surface area (Å²) in [5.74, 6) is -1.02. The van der Waals surface area contributed by atoms with Crippen molar-refractivity contribution in [1.82, 2.24) is 15.8 Å². The summed E-state index contributed by atoms with van der Waals surface area (Å²) >= 11 is 1.48. The highest BCUT2D eigenvalue weighted by Crippen LogP contribution is 2.28. The molecule has 0 aliphatic heterocycles. The Morgan fingerprint density at radius 1 is 0.867 bits per heavy atom. The molecule has 6 nitrogen and oxygen atoms in total. The number of carbonyl (C=O) groups excluding carboxylic acids is 2. The van der Waals surface area contributed by atoms with E-state index in [0.717, 1.165) is 31.2 Å². The van der Waals surface area contributed by atoms with E-state index < -0.39 is 11.5 Å². The van der Waals surface area contributed by atoms with Crippen LogP contribution in [-0.4, -0.2) is 16.8 Å². The van der Waals surface area contributed by atoms with Crippen LogP contribution < -0.4 is 16.4 Å². The number of aromatic amines is 1. The van der Waals surface area contributed by atoms with Crippen LogP contribution in [0.5, 0.6) is 0 Å². The zero-order valence-corrected chi connectivity index (χ0v) is 17.3. The number of thiophene rings is 1. The van der Waals surface area contributed by atoms with Crippen LogP contribution in [0.3, 0.4) is 0 Å². The lowest BCUT2D eigenvalue weighted by Crippen LogP contribution is -2.43. The molecule has 3 N–H and O–H groups in total. The molecule has 1 aliphatic rings. The van der Waals surface area contributed by atoms with Crippen LogP contribution in [0.2, 0.25) is 0 Å². The number of pyridine rings is 1. The van der Waals surface area contributed by atoms with Gasteiger partial charge in [0.25, 0.3) is 17.4 Å². The summed E-state index contributed by atoms with van der Waals surface area (Å²) in [6, 6.07) is 14.4. The molecule has 0 atom stereocenters. The minimum atomic E-state index is -0.654. The molecule has 0 saturated carbocycles. The predicted molar refractivity (Wildman–Crippen MR) is 118 cm³/mol. The number of aromatic nitrogens is 1. The number of nitrogens with one attached hydrogen (secondary N) is 3. The number of hydrazine groups is 1. The Labute approximate surface area is 178 Å². The Kier molecular flexibility index (Phi) is 6.09. The van der Waals surface area contributed by atoms with E-state index in [2.05, 4.69) is 15.8 Å². The molecule has 1 aromatic carbocycles. The third kappa shape index (κ3) is 4.52. The Bertz CT molecular complexity index is 1090. The maximum absolute atomic E-state index is 12.5. The van der Waals surface area contributed by atoms with Crippen LogP contribution in [-0.2, 0) is 12.8 Å². The van der Waals surface area contributed by atoms with Crippen LogP contribution in [0.1, 0.15) is 56.2 Å². The van der Waals surface area contributed by atoms with Crippen molar-refractivity contribution in [3.63, 3.8) is 0 Å². The van der Waals surface area contributed by atoms with Gasteiger partial charge in [-0.3, -0.25) is 25.2 Å². The molecule has 154 valence electrons. The standard InChI is InChI=1S/C23H23N3O3S/c27-21-17(12-13-18(24-21)15-8-5-3-6-9-15)22(28)25-26-23(29)20-14-16-10-4-1-2-7-11-19(16)30-20/h3,5-6,8-9,12-14H,1-2,4,7,10-11H2,(H,24,27)(H,25,28)(H,26,29). The fraction of sp³-hybridized carbons (Fsp3) is 0.261. The van der Waals surface area contributed by atoms with Gasteiger partial charge in [-0.05, 0) is 55.0 Å². The topological polar surface area (TPSA) is 91.1 Å². The molecule has 2 amide bonds. The summed E-state index contributed by atoms with van der Waals surface area (Å²) in [5, 5.41) is 0. The highest BCUT2D eigenvalue weighted by molar-refractivity contribution is 7.14. The Morgan fingerprint density at radius 2 is 1.60 bits per heavy atom. The van der Waals surface area contributed by atoms with E-state index in [4.69, 9.17) is 0 Å². The smallest absolute Gasteiger partial charge is 0.279 e. The molecule has 7 heteroatoms. The van der Waals surface area contributed by atoms with Crippen LogP contribution >= 0.6 is 11.3 Å². The zero-order valence-electron chi connectivity index (χ0n) is 16.5. The molecular weight excluding hydrogens is 398 g/mol. The Balaban J connectivity index is 1.41. The molecule has 2 aromatic heterocycles. The van der Waals surface area contributed by atoms with E-state index in [0.29, 0.717) is 10.6 Å². The first-order valence-electron chi connectivity index (χ1n) is 10.1. The molecule has 2 heterocycles. The van der Waals surface area contributed by atoms with Crippen molar-refractivity contribution < 1.29 is 9.59 Å². The highest BCUT2D eigenvalue weighted by Gasteiger charge is 2.17. The van der Waals surface area contributed by atoms with Crippen molar-refractivity contribution in [2.75, 3.05) is 0 Å².